The Balaban J connectivity index is 1.46. The second-order valence-electron chi connectivity index (χ2n) is 9.36. The maximum atomic E-state index is 11.9. The lowest BCUT2D eigenvalue weighted by Gasteiger charge is -2.21. The van der Waals surface area contributed by atoms with Gasteiger partial charge in [0, 0.05) is 24.9 Å². The third-order valence-corrected chi connectivity index (χ3v) is 5.05. The summed E-state index contributed by atoms with van der Waals surface area (Å²) in [6.07, 6.45) is 4.76. The van der Waals surface area contributed by atoms with Crippen LogP contribution in [-0.4, -0.2) is 56.6 Å². The van der Waals surface area contributed by atoms with Gasteiger partial charge in [-0.1, -0.05) is 6.92 Å². The highest BCUT2D eigenvalue weighted by Gasteiger charge is 2.25. The molecule has 1 aliphatic rings. The van der Waals surface area contributed by atoms with Crippen LogP contribution in [0.3, 0.4) is 0 Å². The lowest BCUT2D eigenvalue weighted by atomic mass is 10.1. The van der Waals surface area contributed by atoms with E-state index in [4.69, 9.17) is 19.5 Å². The van der Waals surface area contributed by atoms with E-state index < -0.39 is 11.7 Å². The van der Waals surface area contributed by atoms with Crippen LogP contribution in [0.1, 0.15) is 39.1 Å². The number of aromatic amines is 1. The molecule has 0 bridgehead atoms. The predicted octanol–water partition coefficient (Wildman–Crippen LogP) is 3.35. The number of hydrogen-bond donors (Lipinski definition) is 3. The number of aromatic nitrogens is 5. The predicted molar refractivity (Wildman–Crippen MR) is 130 cm³/mol. The number of fused-ring (bicyclic) bond motifs is 1. The Hall–Kier alpha value is -4.40. The largest absolute Gasteiger partial charge is 0.491 e. The summed E-state index contributed by atoms with van der Waals surface area (Å²) in [6, 6.07) is 3.74. The monoisotopic (exact) mass is 492 g/mol. The first-order valence-electron chi connectivity index (χ1n) is 11.5. The van der Waals surface area contributed by atoms with Gasteiger partial charge in [0.15, 0.2) is 23.0 Å². The molecule has 36 heavy (non-hydrogen) atoms. The molecule has 1 amide bonds. The third kappa shape index (κ3) is 6.18. The van der Waals surface area contributed by atoms with Gasteiger partial charge in [-0.2, -0.15) is 10.4 Å². The molecule has 1 aliphatic heterocycles. The second-order valence-corrected chi connectivity index (χ2v) is 9.36. The van der Waals surface area contributed by atoms with Gasteiger partial charge in [-0.15, -0.1) is 0 Å². The van der Waals surface area contributed by atoms with Gasteiger partial charge < -0.3 is 24.8 Å². The molecule has 3 N–H and O–H groups in total. The lowest BCUT2D eigenvalue weighted by Crippen LogP contribution is -2.35. The molecule has 12 heteroatoms. The fraction of sp³-hybridized carbons (Fsp3) is 0.417. The Morgan fingerprint density at radius 2 is 2.08 bits per heavy atom. The van der Waals surface area contributed by atoms with E-state index in [1.54, 1.807) is 12.3 Å². The standard InChI is InChI=1S/C24H28N8O4/c1-14(9-29-23(33)36-24(2,3)4)13-35-18-11-27-16-5-6-34-22(16)21(18)17-7-19(32-31-17)30-20-12-26-15(8-25)10-28-20/h7,10-12,14H,5-6,9,13H2,1-4H3,(H,29,33)(H2,28,30,31,32)/t14-/m1/s1. The second kappa shape index (κ2) is 10.5. The maximum absolute atomic E-state index is 11.9. The van der Waals surface area contributed by atoms with Crippen LogP contribution in [0.5, 0.6) is 11.5 Å². The number of rotatable bonds is 8. The molecule has 12 nitrogen and oxygen atoms in total. The molecule has 0 saturated heterocycles. The zero-order chi connectivity index (χ0) is 25.7. The van der Waals surface area contributed by atoms with Crippen molar-refractivity contribution < 1.29 is 19.0 Å². The number of alkyl carbamates (subject to hydrolysis) is 1. The van der Waals surface area contributed by atoms with Crippen LogP contribution >= 0.6 is 0 Å². The molecule has 0 saturated carbocycles. The number of nitrogens with zero attached hydrogens (tertiary/aromatic N) is 5. The Bertz CT molecular complexity index is 1260. The van der Waals surface area contributed by atoms with Crippen LogP contribution in [0.4, 0.5) is 16.4 Å². The lowest BCUT2D eigenvalue weighted by molar-refractivity contribution is 0.0516. The number of nitriles is 1. The molecule has 3 aromatic rings. The summed E-state index contributed by atoms with van der Waals surface area (Å²) in [4.78, 5) is 24.6. The average Bonchev–Trinajstić information content (AvgIpc) is 3.50. The van der Waals surface area contributed by atoms with Crippen molar-refractivity contribution in [1.82, 2.24) is 30.5 Å². The van der Waals surface area contributed by atoms with Crippen LogP contribution in [0.15, 0.2) is 24.7 Å². The molecular weight excluding hydrogens is 464 g/mol. The van der Waals surface area contributed by atoms with E-state index >= 15 is 0 Å². The highest BCUT2D eigenvalue weighted by Crippen LogP contribution is 2.42. The summed E-state index contributed by atoms with van der Waals surface area (Å²) in [5.74, 6) is 2.15. The number of ether oxygens (including phenoxy) is 3. The molecule has 0 aliphatic carbocycles. The van der Waals surface area contributed by atoms with Crippen LogP contribution in [0.2, 0.25) is 0 Å². The van der Waals surface area contributed by atoms with Gasteiger partial charge in [-0.3, -0.25) is 10.1 Å². The van der Waals surface area contributed by atoms with Crippen LogP contribution in [-0.2, 0) is 11.2 Å². The number of nitrogens with one attached hydrogen (secondary N) is 3. The number of pyridine rings is 1. The number of amides is 1. The molecular formula is C24H28N8O4. The van der Waals surface area contributed by atoms with Crippen molar-refractivity contribution in [2.45, 2.75) is 39.7 Å². The van der Waals surface area contributed by atoms with Crippen molar-refractivity contribution in [2.24, 2.45) is 5.92 Å². The van der Waals surface area contributed by atoms with Crippen molar-refractivity contribution in [2.75, 3.05) is 25.1 Å². The highest BCUT2D eigenvalue weighted by atomic mass is 16.6. The highest BCUT2D eigenvalue weighted by molar-refractivity contribution is 5.77. The van der Waals surface area contributed by atoms with E-state index in [0.29, 0.717) is 55.0 Å². The molecule has 4 heterocycles. The third-order valence-electron chi connectivity index (χ3n) is 5.05. The smallest absolute Gasteiger partial charge is 0.407 e. The number of carbonyl (C=O) groups excluding carboxylic acids is 1. The Morgan fingerprint density at radius 3 is 2.81 bits per heavy atom. The van der Waals surface area contributed by atoms with Gasteiger partial charge in [0.05, 0.1) is 48.8 Å². The zero-order valence-corrected chi connectivity index (χ0v) is 20.6. The van der Waals surface area contributed by atoms with Crippen molar-refractivity contribution in [3.8, 4) is 28.8 Å². The number of hydrogen-bond acceptors (Lipinski definition) is 10. The molecule has 4 rings (SSSR count). The van der Waals surface area contributed by atoms with Crippen molar-refractivity contribution >= 4 is 17.7 Å². The first kappa shape index (κ1) is 24.7. The number of carbonyl (C=O) groups is 1. The molecule has 0 spiro atoms. The first-order valence-corrected chi connectivity index (χ1v) is 11.5. The molecule has 0 aromatic carbocycles. The van der Waals surface area contributed by atoms with Crippen LogP contribution < -0.4 is 20.1 Å². The van der Waals surface area contributed by atoms with E-state index in [1.165, 1.54) is 12.4 Å². The van der Waals surface area contributed by atoms with E-state index in [1.807, 2.05) is 33.8 Å². The summed E-state index contributed by atoms with van der Waals surface area (Å²) < 4.78 is 17.3. The van der Waals surface area contributed by atoms with Crippen molar-refractivity contribution in [1.29, 1.82) is 5.26 Å². The van der Waals surface area contributed by atoms with Gasteiger partial charge in [0.1, 0.15) is 17.5 Å². The summed E-state index contributed by atoms with van der Waals surface area (Å²) in [7, 11) is 0. The summed E-state index contributed by atoms with van der Waals surface area (Å²) in [5, 5.41) is 22.0. The minimum Gasteiger partial charge on any atom is -0.491 e. The van der Waals surface area contributed by atoms with E-state index in [9.17, 15) is 4.79 Å². The molecule has 1 atom stereocenters. The Kier molecular flexibility index (Phi) is 7.19. The van der Waals surface area contributed by atoms with Gasteiger partial charge >= 0.3 is 6.09 Å². The normalized spacial score (nSPS) is 13.2. The summed E-state index contributed by atoms with van der Waals surface area (Å²) in [5.41, 5.74) is 1.91. The SMILES string of the molecule is C[C@H](CNC(=O)OC(C)(C)C)COc1cnc2c(c1-c1cc(Nc3cnc(C#N)cn3)n[nH]1)OCC2. The fourth-order valence-corrected chi connectivity index (χ4v) is 3.42. The van der Waals surface area contributed by atoms with E-state index in [2.05, 4.69) is 35.8 Å². The maximum Gasteiger partial charge on any atom is 0.407 e. The van der Waals surface area contributed by atoms with Gasteiger partial charge in [-0.25, -0.2) is 14.8 Å². The van der Waals surface area contributed by atoms with Crippen molar-refractivity contribution in [3.05, 3.63) is 36.0 Å². The topological polar surface area (TPSA) is 160 Å². The van der Waals surface area contributed by atoms with Gasteiger partial charge in [-0.05, 0) is 20.8 Å². The molecule has 0 radical (unpaired) electrons. The molecule has 0 unspecified atom stereocenters. The summed E-state index contributed by atoms with van der Waals surface area (Å²) >= 11 is 0. The molecule has 0 fully saturated rings. The number of anilines is 2. The van der Waals surface area contributed by atoms with Gasteiger partial charge in [0.2, 0.25) is 0 Å². The Morgan fingerprint density at radius 1 is 1.25 bits per heavy atom. The van der Waals surface area contributed by atoms with Crippen LogP contribution in [0.25, 0.3) is 11.3 Å². The zero-order valence-electron chi connectivity index (χ0n) is 20.6. The average molecular weight is 493 g/mol. The molecule has 3 aromatic heterocycles. The fourth-order valence-electron chi connectivity index (χ4n) is 3.42. The van der Waals surface area contributed by atoms with Crippen molar-refractivity contribution in [3.63, 3.8) is 0 Å². The minimum absolute atomic E-state index is 0.00786. The minimum atomic E-state index is -0.556. The van der Waals surface area contributed by atoms with Crippen LogP contribution in [0, 0.1) is 17.2 Å². The first-order chi connectivity index (χ1) is 17.2. The number of H-pyrrole nitrogens is 1. The summed E-state index contributed by atoms with van der Waals surface area (Å²) in [6.45, 7) is 8.68. The quantitative estimate of drug-likeness (QED) is 0.425. The van der Waals surface area contributed by atoms with Gasteiger partial charge in [0.25, 0.3) is 0 Å². The van der Waals surface area contributed by atoms with E-state index in [0.717, 1.165) is 11.3 Å². The Labute approximate surface area is 208 Å². The van der Waals surface area contributed by atoms with E-state index in [-0.39, 0.29) is 11.6 Å². The molecule has 188 valence electrons.